The molecular weight excluding hydrogens is 278 g/mol. The Bertz CT molecular complexity index is 665. The summed E-state index contributed by atoms with van der Waals surface area (Å²) in [5, 5.41) is 10.0. The van der Waals surface area contributed by atoms with Crippen LogP contribution in [0.25, 0.3) is 11.3 Å². The van der Waals surface area contributed by atoms with E-state index in [1.165, 1.54) is 0 Å². The van der Waals surface area contributed by atoms with E-state index in [9.17, 15) is 4.79 Å². The molecule has 0 saturated carbocycles. The van der Waals surface area contributed by atoms with E-state index in [4.69, 9.17) is 4.74 Å². The minimum atomic E-state index is -0.158. The predicted octanol–water partition coefficient (Wildman–Crippen LogP) is 2.58. The summed E-state index contributed by atoms with van der Waals surface area (Å²) in [4.78, 5) is 11.9. The zero-order chi connectivity index (χ0) is 15.9. The van der Waals surface area contributed by atoms with Crippen LogP contribution in [-0.2, 0) is 6.54 Å². The van der Waals surface area contributed by atoms with Crippen LogP contribution < -0.4 is 15.6 Å². The second-order valence-corrected chi connectivity index (χ2v) is 5.56. The quantitative estimate of drug-likeness (QED) is 0.825. The highest BCUT2D eigenvalue weighted by atomic mass is 16.5. The second kappa shape index (κ2) is 7.75. The van der Waals surface area contributed by atoms with Crippen molar-refractivity contribution in [3.63, 3.8) is 0 Å². The average molecular weight is 301 g/mol. The second-order valence-electron chi connectivity index (χ2n) is 5.56. The third-order valence-electron chi connectivity index (χ3n) is 3.21. The number of aromatic amines is 1. The van der Waals surface area contributed by atoms with Gasteiger partial charge >= 0.3 is 0 Å². The molecule has 0 aliphatic carbocycles. The minimum absolute atomic E-state index is 0.158. The van der Waals surface area contributed by atoms with Crippen LogP contribution in [-0.4, -0.2) is 23.3 Å². The Morgan fingerprint density at radius 3 is 2.82 bits per heavy atom. The number of rotatable bonds is 7. The van der Waals surface area contributed by atoms with Crippen molar-refractivity contribution in [1.82, 2.24) is 15.5 Å². The Morgan fingerprint density at radius 1 is 1.32 bits per heavy atom. The molecule has 5 nitrogen and oxygen atoms in total. The first-order valence-corrected chi connectivity index (χ1v) is 7.63. The molecule has 118 valence electrons. The van der Waals surface area contributed by atoms with Crippen molar-refractivity contribution in [1.29, 1.82) is 0 Å². The lowest BCUT2D eigenvalue weighted by Gasteiger charge is -2.11. The molecule has 1 aromatic heterocycles. The average Bonchev–Trinajstić information content (AvgIpc) is 2.50. The standard InChI is InChI=1S/C17H23N3O2/c1-4-22-16-8-6-5-7-14(16)15-9-13(17(21)20-19-15)11-18-10-12(2)3/h5-9,12,18H,4,10-11H2,1-3H3,(H,20,21). The van der Waals surface area contributed by atoms with Crippen molar-refractivity contribution in [2.24, 2.45) is 5.92 Å². The van der Waals surface area contributed by atoms with Gasteiger partial charge in [-0.1, -0.05) is 26.0 Å². The molecule has 0 radical (unpaired) electrons. The summed E-state index contributed by atoms with van der Waals surface area (Å²) in [6.07, 6.45) is 0. The van der Waals surface area contributed by atoms with Gasteiger partial charge in [-0.2, -0.15) is 5.10 Å². The van der Waals surface area contributed by atoms with Crippen LogP contribution in [0.4, 0.5) is 0 Å². The number of H-pyrrole nitrogens is 1. The van der Waals surface area contributed by atoms with Gasteiger partial charge in [0.25, 0.3) is 5.56 Å². The number of aromatic nitrogens is 2. The van der Waals surface area contributed by atoms with Gasteiger partial charge < -0.3 is 10.1 Å². The van der Waals surface area contributed by atoms with Crippen LogP contribution in [0.2, 0.25) is 0 Å². The Morgan fingerprint density at radius 2 is 2.09 bits per heavy atom. The Balaban J connectivity index is 2.27. The first-order valence-electron chi connectivity index (χ1n) is 7.63. The van der Waals surface area contributed by atoms with Crippen LogP contribution in [0.3, 0.4) is 0 Å². The molecule has 2 rings (SSSR count). The molecular formula is C17H23N3O2. The largest absolute Gasteiger partial charge is 0.493 e. The summed E-state index contributed by atoms with van der Waals surface area (Å²) in [5.74, 6) is 1.31. The number of para-hydroxylation sites is 1. The molecule has 0 bridgehead atoms. The first kappa shape index (κ1) is 16.2. The summed E-state index contributed by atoms with van der Waals surface area (Å²) in [6, 6.07) is 9.52. The van der Waals surface area contributed by atoms with Crippen molar-refractivity contribution in [3.8, 4) is 17.0 Å². The highest BCUT2D eigenvalue weighted by Crippen LogP contribution is 2.27. The molecule has 0 fully saturated rings. The molecule has 0 spiro atoms. The number of nitrogens with zero attached hydrogens (tertiary/aromatic N) is 1. The van der Waals surface area contributed by atoms with Crippen LogP contribution >= 0.6 is 0 Å². The molecule has 22 heavy (non-hydrogen) atoms. The summed E-state index contributed by atoms with van der Waals surface area (Å²) in [7, 11) is 0. The number of nitrogens with one attached hydrogen (secondary N) is 2. The van der Waals surface area contributed by atoms with Gasteiger partial charge in [-0.25, -0.2) is 5.10 Å². The Hall–Kier alpha value is -2.14. The van der Waals surface area contributed by atoms with Crippen molar-refractivity contribution in [2.45, 2.75) is 27.3 Å². The van der Waals surface area contributed by atoms with Crippen LogP contribution in [0, 0.1) is 5.92 Å². The van der Waals surface area contributed by atoms with Gasteiger partial charge in [0.15, 0.2) is 0 Å². The fourth-order valence-corrected chi connectivity index (χ4v) is 2.17. The lowest BCUT2D eigenvalue weighted by atomic mass is 10.1. The Labute approximate surface area is 130 Å². The zero-order valence-electron chi connectivity index (χ0n) is 13.3. The SMILES string of the molecule is CCOc1ccccc1-c1cc(CNCC(C)C)c(=O)[nH]n1. The maximum Gasteiger partial charge on any atom is 0.268 e. The summed E-state index contributed by atoms with van der Waals surface area (Å²) in [5.41, 5.74) is 2.11. The Kier molecular flexibility index (Phi) is 5.72. The van der Waals surface area contributed by atoms with E-state index < -0.39 is 0 Å². The monoisotopic (exact) mass is 301 g/mol. The normalized spacial score (nSPS) is 10.9. The lowest BCUT2D eigenvalue weighted by molar-refractivity contribution is 0.341. The van der Waals surface area contributed by atoms with Crippen molar-refractivity contribution in [3.05, 3.63) is 46.2 Å². The van der Waals surface area contributed by atoms with Crippen LogP contribution in [0.5, 0.6) is 5.75 Å². The fourth-order valence-electron chi connectivity index (χ4n) is 2.17. The van der Waals surface area contributed by atoms with Crippen molar-refractivity contribution < 1.29 is 4.74 Å². The molecule has 0 atom stereocenters. The molecule has 0 aliphatic heterocycles. The van der Waals surface area contributed by atoms with E-state index in [0.717, 1.165) is 17.9 Å². The third-order valence-corrected chi connectivity index (χ3v) is 3.21. The van der Waals surface area contributed by atoms with Gasteiger partial charge in [0.1, 0.15) is 5.75 Å². The minimum Gasteiger partial charge on any atom is -0.493 e. The van der Waals surface area contributed by atoms with E-state index in [0.29, 0.717) is 30.3 Å². The van der Waals surface area contributed by atoms with Crippen molar-refractivity contribution >= 4 is 0 Å². The zero-order valence-corrected chi connectivity index (χ0v) is 13.3. The lowest BCUT2D eigenvalue weighted by Crippen LogP contribution is -2.24. The maximum absolute atomic E-state index is 11.9. The summed E-state index contributed by atoms with van der Waals surface area (Å²) < 4.78 is 5.63. The molecule has 1 aromatic carbocycles. The molecule has 0 aliphatic rings. The highest BCUT2D eigenvalue weighted by molar-refractivity contribution is 5.67. The van der Waals surface area contributed by atoms with E-state index in [1.807, 2.05) is 37.3 Å². The third kappa shape index (κ3) is 4.18. The van der Waals surface area contributed by atoms with Crippen LogP contribution in [0.15, 0.2) is 35.1 Å². The molecule has 0 unspecified atom stereocenters. The smallest absolute Gasteiger partial charge is 0.268 e. The number of hydrogen-bond acceptors (Lipinski definition) is 4. The molecule has 5 heteroatoms. The van der Waals surface area contributed by atoms with Gasteiger partial charge in [-0.15, -0.1) is 0 Å². The van der Waals surface area contributed by atoms with Gasteiger partial charge in [0.05, 0.1) is 12.3 Å². The van der Waals surface area contributed by atoms with Gasteiger partial charge in [0.2, 0.25) is 0 Å². The maximum atomic E-state index is 11.9. The molecule has 0 saturated heterocycles. The fraction of sp³-hybridized carbons (Fsp3) is 0.412. The molecule has 0 amide bonds. The highest BCUT2D eigenvalue weighted by Gasteiger charge is 2.10. The summed E-state index contributed by atoms with van der Waals surface area (Å²) >= 11 is 0. The summed E-state index contributed by atoms with van der Waals surface area (Å²) in [6.45, 7) is 8.19. The van der Waals surface area contributed by atoms with E-state index in [1.54, 1.807) is 0 Å². The van der Waals surface area contributed by atoms with E-state index in [-0.39, 0.29) is 5.56 Å². The van der Waals surface area contributed by atoms with Gasteiger partial charge in [0, 0.05) is 17.7 Å². The topological polar surface area (TPSA) is 67.0 Å². The van der Waals surface area contributed by atoms with Gasteiger partial charge in [-0.05, 0) is 37.6 Å². The molecule has 1 heterocycles. The molecule has 2 aromatic rings. The number of ether oxygens (including phenoxy) is 1. The number of hydrogen-bond donors (Lipinski definition) is 2. The first-order chi connectivity index (χ1) is 10.6. The molecule has 2 N–H and O–H groups in total. The van der Waals surface area contributed by atoms with Crippen LogP contribution in [0.1, 0.15) is 26.3 Å². The van der Waals surface area contributed by atoms with E-state index in [2.05, 4.69) is 29.4 Å². The predicted molar refractivity (Wildman–Crippen MR) is 88.0 cm³/mol. The van der Waals surface area contributed by atoms with E-state index >= 15 is 0 Å². The van der Waals surface area contributed by atoms with Gasteiger partial charge in [-0.3, -0.25) is 4.79 Å². The number of benzene rings is 1. The van der Waals surface area contributed by atoms with Crippen molar-refractivity contribution in [2.75, 3.05) is 13.2 Å².